The van der Waals surface area contributed by atoms with Gasteiger partial charge in [-0.1, -0.05) is 0 Å². The number of anilines is 2. The van der Waals surface area contributed by atoms with Gasteiger partial charge in [-0.3, -0.25) is 4.98 Å². The standard InChI is InChI=1S/C13H17N3O3/c1-7(17)8-2-3-16(6-8)11-5-10-12(4-9(11)14)19-13(18)15-10/h4-5,7-8,17H,2-3,6,14H2,1H3,(H,15,18). The molecule has 2 aromatic rings. The van der Waals surface area contributed by atoms with E-state index in [-0.39, 0.29) is 12.0 Å². The van der Waals surface area contributed by atoms with E-state index in [1.807, 2.05) is 13.0 Å². The number of benzene rings is 1. The van der Waals surface area contributed by atoms with Crippen molar-refractivity contribution in [1.82, 2.24) is 4.98 Å². The number of hydrogen-bond acceptors (Lipinski definition) is 5. The Kier molecular flexibility index (Phi) is 2.74. The summed E-state index contributed by atoms with van der Waals surface area (Å²) in [5.74, 6) is -0.215. The summed E-state index contributed by atoms with van der Waals surface area (Å²) in [7, 11) is 0. The predicted molar refractivity (Wildman–Crippen MR) is 73.2 cm³/mol. The highest BCUT2D eigenvalue weighted by molar-refractivity contribution is 5.85. The second-order valence-corrected chi connectivity index (χ2v) is 5.16. The molecular weight excluding hydrogens is 246 g/mol. The number of nitrogens with two attached hydrogens (primary N) is 1. The summed E-state index contributed by atoms with van der Waals surface area (Å²) in [6.45, 7) is 3.44. The highest BCUT2D eigenvalue weighted by Gasteiger charge is 2.27. The van der Waals surface area contributed by atoms with Gasteiger partial charge in [-0.2, -0.15) is 0 Å². The minimum atomic E-state index is -0.477. The van der Waals surface area contributed by atoms with Crippen molar-refractivity contribution < 1.29 is 9.52 Å². The summed E-state index contributed by atoms with van der Waals surface area (Å²) in [6, 6.07) is 3.50. The Labute approximate surface area is 109 Å². The van der Waals surface area contributed by atoms with Gasteiger partial charge < -0.3 is 20.2 Å². The molecule has 1 aromatic carbocycles. The summed E-state index contributed by atoms with van der Waals surface area (Å²) in [6.07, 6.45) is 0.625. The monoisotopic (exact) mass is 263 g/mol. The van der Waals surface area contributed by atoms with E-state index >= 15 is 0 Å². The molecular formula is C13H17N3O3. The van der Waals surface area contributed by atoms with E-state index in [2.05, 4.69) is 9.88 Å². The van der Waals surface area contributed by atoms with Crippen LogP contribution in [0.4, 0.5) is 11.4 Å². The van der Waals surface area contributed by atoms with E-state index in [0.29, 0.717) is 16.8 Å². The lowest BCUT2D eigenvalue weighted by Gasteiger charge is -2.21. The molecule has 2 unspecified atom stereocenters. The van der Waals surface area contributed by atoms with Crippen molar-refractivity contribution >= 4 is 22.5 Å². The van der Waals surface area contributed by atoms with Crippen LogP contribution >= 0.6 is 0 Å². The molecule has 1 aliphatic heterocycles. The Hall–Kier alpha value is -1.95. The number of nitrogen functional groups attached to an aromatic ring is 1. The molecule has 102 valence electrons. The van der Waals surface area contributed by atoms with Crippen molar-refractivity contribution in [3.63, 3.8) is 0 Å². The van der Waals surface area contributed by atoms with Gasteiger partial charge in [0.25, 0.3) is 0 Å². The van der Waals surface area contributed by atoms with Crippen LogP contribution < -0.4 is 16.4 Å². The SMILES string of the molecule is CC(O)C1CCN(c2cc3[nH]c(=O)oc3cc2N)C1. The molecule has 0 bridgehead atoms. The molecule has 0 spiro atoms. The highest BCUT2D eigenvalue weighted by Crippen LogP contribution is 2.32. The number of aromatic nitrogens is 1. The van der Waals surface area contributed by atoms with E-state index in [4.69, 9.17) is 10.2 Å². The Morgan fingerprint density at radius 2 is 2.37 bits per heavy atom. The maximum absolute atomic E-state index is 11.2. The minimum Gasteiger partial charge on any atom is -0.408 e. The first-order valence-corrected chi connectivity index (χ1v) is 6.40. The number of H-pyrrole nitrogens is 1. The van der Waals surface area contributed by atoms with Gasteiger partial charge >= 0.3 is 5.76 Å². The molecule has 2 heterocycles. The maximum atomic E-state index is 11.2. The molecule has 3 rings (SSSR count). The Morgan fingerprint density at radius 3 is 3.05 bits per heavy atom. The van der Waals surface area contributed by atoms with Gasteiger partial charge in [0, 0.05) is 25.1 Å². The van der Waals surface area contributed by atoms with Crippen molar-refractivity contribution in [2.75, 3.05) is 23.7 Å². The van der Waals surface area contributed by atoms with Gasteiger partial charge in [0.1, 0.15) is 0 Å². The first kappa shape index (κ1) is 12.1. The van der Waals surface area contributed by atoms with Crippen LogP contribution in [0, 0.1) is 5.92 Å². The van der Waals surface area contributed by atoms with E-state index in [0.717, 1.165) is 25.2 Å². The topological polar surface area (TPSA) is 95.5 Å². The third kappa shape index (κ3) is 2.08. The average molecular weight is 263 g/mol. The van der Waals surface area contributed by atoms with E-state index < -0.39 is 5.76 Å². The third-order valence-corrected chi connectivity index (χ3v) is 3.82. The number of aromatic amines is 1. The maximum Gasteiger partial charge on any atom is 0.417 e. The number of hydrogen-bond donors (Lipinski definition) is 3. The number of nitrogens with zero attached hydrogens (tertiary/aromatic N) is 1. The zero-order chi connectivity index (χ0) is 13.6. The van der Waals surface area contributed by atoms with Crippen LogP contribution in [0.5, 0.6) is 0 Å². The smallest absolute Gasteiger partial charge is 0.408 e. The van der Waals surface area contributed by atoms with Crippen LogP contribution in [-0.2, 0) is 0 Å². The van der Waals surface area contributed by atoms with Crippen LogP contribution in [-0.4, -0.2) is 29.3 Å². The second kappa shape index (κ2) is 4.31. The second-order valence-electron chi connectivity index (χ2n) is 5.16. The van der Waals surface area contributed by atoms with Gasteiger partial charge in [0.05, 0.1) is 23.0 Å². The number of oxazole rings is 1. The third-order valence-electron chi connectivity index (χ3n) is 3.82. The molecule has 4 N–H and O–H groups in total. The molecule has 0 aliphatic carbocycles. The Morgan fingerprint density at radius 1 is 1.58 bits per heavy atom. The van der Waals surface area contributed by atoms with Gasteiger partial charge in [0.2, 0.25) is 0 Å². The summed E-state index contributed by atoms with van der Waals surface area (Å²) in [5, 5.41) is 9.64. The normalized spacial score (nSPS) is 21.2. The van der Waals surface area contributed by atoms with Crippen LogP contribution in [0.3, 0.4) is 0 Å². The molecule has 6 nitrogen and oxygen atoms in total. The number of rotatable bonds is 2. The van der Waals surface area contributed by atoms with E-state index in [1.165, 1.54) is 0 Å². The molecule has 2 atom stereocenters. The molecule has 0 saturated carbocycles. The molecule has 0 amide bonds. The zero-order valence-electron chi connectivity index (χ0n) is 10.7. The lowest BCUT2D eigenvalue weighted by Crippen LogP contribution is -2.24. The molecule has 1 fully saturated rings. The number of aliphatic hydroxyl groups is 1. The lowest BCUT2D eigenvalue weighted by molar-refractivity contribution is 0.136. The van der Waals surface area contributed by atoms with Crippen molar-refractivity contribution in [3.8, 4) is 0 Å². The largest absolute Gasteiger partial charge is 0.417 e. The quantitative estimate of drug-likeness (QED) is 0.700. The highest BCUT2D eigenvalue weighted by atomic mass is 16.4. The molecule has 1 aromatic heterocycles. The first-order valence-electron chi connectivity index (χ1n) is 6.40. The van der Waals surface area contributed by atoms with E-state index in [9.17, 15) is 9.90 Å². The molecule has 1 aliphatic rings. The Bertz CT molecular complexity index is 659. The molecule has 6 heteroatoms. The fourth-order valence-corrected chi connectivity index (χ4v) is 2.68. The minimum absolute atomic E-state index is 0.262. The summed E-state index contributed by atoms with van der Waals surface area (Å²) in [4.78, 5) is 15.9. The van der Waals surface area contributed by atoms with Gasteiger partial charge in [0.15, 0.2) is 5.58 Å². The van der Waals surface area contributed by atoms with Crippen LogP contribution in [0.1, 0.15) is 13.3 Å². The fraction of sp³-hybridized carbons (Fsp3) is 0.462. The summed E-state index contributed by atoms with van der Waals surface area (Å²) >= 11 is 0. The van der Waals surface area contributed by atoms with Crippen molar-refractivity contribution in [2.24, 2.45) is 5.92 Å². The summed E-state index contributed by atoms with van der Waals surface area (Å²) in [5.41, 5.74) is 8.60. The van der Waals surface area contributed by atoms with Crippen molar-refractivity contribution in [2.45, 2.75) is 19.4 Å². The Balaban J connectivity index is 1.96. The zero-order valence-corrected chi connectivity index (χ0v) is 10.7. The summed E-state index contributed by atoms with van der Waals surface area (Å²) < 4.78 is 4.98. The molecule has 19 heavy (non-hydrogen) atoms. The number of nitrogens with one attached hydrogen (secondary N) is 1. The lowest BCUT2D eigenvalue weighted by atomic mass is 10.0. The predicted octanol–water partition coefficient (Wildman–Crippen LogP) is 0.910. The van der Waals surface area contributed by atoms with E-state index in [1.54, 1.807) is 6.07 Å². The number of fused-ring (bicyclic) bond motifs is 1. The van der Waals surface area contributed by atoms with Gasteiger partial charge in [-0.05, 0) is 19.4 Å². The van der Waals surface area contributed by atoms with Crippen LogP contribution in [0.25, 0.3) is 11.1 Å². The van der Waals surface area contributed by atoms with Gasteiger partial charge in [-0.25, -0.2) is 4.79 Å². The number of aliphatic hydroxyl groups excluding tert-OH is 1. The van der Waals surface area contributed by atoms with Crippen LogP contribution in [0.2, 0.25) is 0 Å². The first-order chi connectivity index (χ1) is 9.04. The fourth-order valence-electron chi connectivity index (χ4n) is 2.68. The molecule has 0 radical (unpaired) electrons. The van der Waals surface area contributed by atoms with Crippen molar-refractivity contribution in [3.05, 3.63) is 22.7 Å². The van der Waals surface area contributed by atoms with Gasteiger partial charge in [-0.15, -0.1) is 0 Å². The van der Waals surface area contributed by atoms with Crippen LogP contribution in [0.15, 0.2) is 21.3 Å². The van der Waals surface area contributed by atoms with Crippen molar-refractivity contribution in [1.29, 1.82) is 0 Å². The average Bonchev–Trinajstić information content (AvgIpc) is 2.92. The molecule has 1 saturated heterocycles.